The van der Waals surface area contributed by atoms with Crippen molar-refractivity contribution in [3.05, 3.63) is 124 Å². The molecule has 8 nitrogen and oxygen atoms in total. The van der Waals surface area contributed by atoms with Crippen molar-refractivity contribution in [2.24, 2.45) is 5.92 Å². The molecule has 0 spiro atoms. The molecule has 1 N–H and O–H groups in total. The number of piperazine rings is 1. The van der Waals surface area contributed by atoms with Crippen molar-refractivity contribution in [2.45, 2.75) is 75.8 Å². The monoisotopic (exact) mass is 736 g/mol. The minimum Gasteiger partial charge on any atom is -0.508 e. The quantitative estimate of drug-likeness (QED) is 0.197. The fourth-order valence-electron chi connectivity index (χ4n) is 10.4. The molecule has 9 rings (SSSR count). The van der Waals surface area contributed by atoms with Gasteiger partial charge in [-0.2, -0.15) is 0 Å². The Labute approximate surface area is 324 Å². The van der Waals surface area contributed by atoms with E-state index < -0.39 is 6.04 Å². The lowest BCUT2D eigenvalue weighted by molar-refractivity contribution is -0.133. The van der Waals surface area contributed by atoms with Crippen molar-refractivity contribution < 1.29 is 19.5 Å². The number of phenols is 1. The number of carbonyl (C=O) groups excluding carboxylic acids is 3. The molecule has 3 aliphatic heterocycles. The Bertz CT molecular complexity index is 2070. The molecule has 55 heavy (non-hydrogen) atoms. The first kappa shape index (κ1) is 35.7. The minimum absolute atomic E-state index is 0.0189. The second-order valence-corrected chi connectivity index (χ2v) is 16.6. The first-order valence-electron chi connectivity index (χ1n) is 20.5. The smallest absolute Gasteiger partial charge is 0.255 e. The number of anilines is 2. The third-order valence-corrected chi connectivity index (χ3v) is 13.4. The molecule has 3 heterocycles. The molecule has 2 aliphatic carbocycles. The van der Waals surface area contributed by atoms with Gasteiger partial charge in [-0.3, -0.25) is 19.3 Å². The zero-order chi connectivity index (χ0) is 37.6. The number of aromatic hydroxyl groups is 1. The molecule has 4 aromatic rings. The van der Waals surface area contributed by atoms with Crippen LogP contribution in [-0.2, 0) is 16.0 Å². The summed E-state index contributed by atoms with van der Waals surface area (Å²) in [6.45, 7) is 9.27. The van der Waals surface area contributed by atoms with E-state index in [2.05, 4.69) is 87.5 Å². The van der Waals surface area contributed by atoms with Crippen molar-refractivity contribution in [3.8, 4) is 5.75 Å². The number of hydrogen-bond donors (Lipinski definition) is 1. The van der Waals surface area contributed by atoms with Crippen LogP contribution in [0, 0.1) is 5.92 Å². The van der Waals surface area contributed by atoms with Crippen molar-refractivity contribution in [1.82, 2.24) is 9.80 Å². The van der Waals surface area contributed by atoms with E-state index in [-0.39, 0.29) is 35.9 Å². The van der Waals surface area contributed by atoms with Gasteiger partial charge in [-0.25, -0.2) is 0 Å². The number of ketones is 2. The van der Waals surface area contributed by atoms with Gasteiger partial charge in [0.1, 0.15) is 11.5 Å². The molecule has 0 bridgehead atoms. The maximum atomic E-state index is 13.4. The number of Topliss-reactive ketones (excluding diaryl/α,β-unsaturated/α-hetero) is 2. The van der Waals surface area contributed by atoms with Crippen LogP contribution in [0.2, 0.25) is 0 Å². The van der Waals surface area contributed by atoms with E-state index in [1.54, 1.807) is 4.90 Å². The highest BCUT2D eigenvalue weighted by Crippen LogP contribution is 2.47. The SMILES string of the molecule is CC1c2cc(N3CCN(CC4CCN(c5ccc([C@@H]6c7ccc(O)cc7CC[C@@H]6c6ccccc6)cc5)CC4)CC3)ccc2C(=O)N1C1CCC(=O)CC1=O. The van der Waals surface area contributed by atoms with E-state index in [1.807, 2.05) is 25.1 Å². The number of fused-ring (bicyclic) bond motifs is 2. The summed E-state index contributed by atoms with van der Waals surface area (Å²) in [6.07, 6.45) is 5.19. The van der Waals surface area contributed by atoms with E-state index in [1.165, 1.54) is 40.8 Å². The molecule has 2 unspecified atom stereocenters. The number of piperidine rings is 1. The van der Waals surface area contributed by atoms with Crippen molar-refractivity contribution in [3.63, 3.8) is 0 Å². The molecule has 2 saturated heterocycles. The molecule has 5 aliphatic rings. The number of carbonyl (C=O) groups is 3. The number of rotatable bonds is 7. The maximum absolute atomic E-state index is 13.4. The van der Waals surface area contributed by atoms with E-state index in [4.69, 9.17) is 0 Å². The summed E-state index contributed by atoms with van der Waals surface area (Å²) in [6, 6.07) is 31.7. The van der Waals surface area contributed by atoms with Gasteiger partial charge in [0.15, 0.2) is 5.78 Å². The molecule has 3 fully saturated rings. The normalized spacial score (nSPS) is 25.0. The number of benzene rings is 4. The van der Waals surface area contributed by atoms with Crippen LogP contribution in [0.4, 0.5) is 11.4 Å². The Morgan fingerprint density at radius 1 is 0.673 bits per heavy atom. The number of hydrogen-bond acceptors (Lipinski definition) is 7. The largest absolute Gasteiger partial charge is 0.508 e. The number of phenolic OH excluding ortho intramolecular Hbond substituents is 1. The Balaban J connectivity index is 0.787. The highest BCUT2D eigenvalue weighted by molar-refractivity contribution is 6.08. The standard InChI is InChI=1S/C47H52N4O4/c1-31-43-28-37(12-16-42(43)47(55)51(31)44-18-14-39(53)29-45(44)54)50-25-23-48(24-26-50)30-32-19-21-49(22-20-32)36-10-7-34(8-11-36)46-40(33-5-3-2-4-6-33)15-9-35-27-38(52)13-17-41(35)46/h2-8,10-13,16-17,27-28,31-32,40,44,46,52H,9,14-15,18-26,29-30H2,1H3/t31?,40-,44?,46+/m1/s1. The molecule has 0 radical (unpaired) electrons. The van der Waals surface area contributed by atoms with Gasteiger partial charge in [-0.1, -0.05) is 48.5 Å². The summed E-state index contributed by atoms with van der Waals surface area (Å²) in [5, 5.41) is 10.2. The van der Waals surface area contributed by atoms with Crippen LogP contribution < -0.4 is 9.80 Å². The Hall–Kier alpha value is -4.95. The summed E-state index contributed by atoms with van der Waals surface area (Å²) in [5.41, 5.74) is 9.47. The fraction of sp³-hybridized carbons (Fsp3) is 0.426. The predicted octanol–water partition coefficient (Wildman–Crippen LogP) is 7.50. The van der Waals surface area contributed by atoms with Crippen LogP contribution in [0.5, 0.6) is 5.75 Å². The lowest BCUT2D eigenvalue weighted by atomic mass is 9.69. The summed E-state index contributed by atoms with van der Waals surface area (Å²) in [4.78, 5) is 47.3. The van der Waals surface area contributed by atoms with E-state index in [9.17, 15) is 19.5 Å². The molecule has 284 valence electrons. The summed E-state index contributed by atoms with van der Waals surface area (Å²) < 4.78 is 0. The van der Waals surface area contributed by atoms with Crippen molar-refractivity contribution >= 4 is 28.8 Å². The molecule has 1 saturated carbocycles. The molecular formula is C47H52N4O4. The zero-order valence-electron chi connectivity index (χ0n) is 31.9. The molecule has 1 amide bonds. The van der Waals surface area contributed by atoms with E-state index >= 15 is 0 Å². The maximum Gasteiger partial charge on any atom is 0.255 e. The van der Waals surface area contributed by atoms with Crippen LogP contribution in [0.15, 0.2) is 91.0 Å². The molecule has 4 aromatic carbocycles. The van der Waals surface area contributed by atoms with Gasteiger partial charge in [0.2, 0.25) is 0 Å². The Morgan fingerprint density at radius 3 is 2.15 bits per heavy atom. The van der Waals surface area contributed by atoms with Crippen LogP contribution in [0.25, 0.3) is 0 Å². The zero-order valence-corrected chi connectivity index (χ0v) is 31.9. The van der Waals surface area contributed by atoms with Gasteiger partial charge in [0, 0.05) is 75.1 Å². The van der Waals surface area contributed by atoms with Crippen LogP contribution in [0.3, 0.4) is 0 Å². The van der Waals surface area contributed by atoms with E-state index in [0.717, 1.165) is 69.9 Å². The van der Waals surface area contributed by atoms with Gasteiger partial charge in [-0.05, 0) is 121 Å². The number of amides is 1. The topological polar surface area (TPSA) is 84.4 Å². The van der Waals surface area contributed by atoms with Gasteiger partial charge in [0.05, 0.1) is 18.5 Å². The predicted molar refractivity (Wildman–Crippen MR) is 216 cm³/mol. The number of nitrogens with zero attached hydrogens (tertiary/aromatic N) is 4. The highest BCUT2D eigenvalue weighted by Gasteiger charge is 2.43. The van der Waals surface area contributed by atoms with Crippen LogP contribution >= 0.6 is 0 Å². The minimum atomic E-state index is -0.497. The second-order valence-electron chi connectivity index (χ2n) is 16.6. The first-order chi connectivity index (χ1) is 26.8. The Morgan fingerprint density at radius 2 is 1.40 bits per heavy atom. The molecule has 0 aromatic heterocycles. The molecule has 4 atom stereocenters. The average molecular weight is 737 g/mol. The van der Waals surface area contributed by atoms with Crippen molar-refractivity contribution in [1.29, 1.82) is 0 Å². The molecule has 8 heteroatoms. The van der Waals surface area contributed by atoms with Crippen LogP contribution in [-0.4, -0.2) is 84.2 Å². The van der Waals surface area contributed by atoms with Gasteiger partial charge < -0.3 is 19.8 Å². The highest BCUT2D eigenvalue weighted by atomic mass is 16.3. The van der Waals surface area contributed by atoms with Gasteiger partial charge >= 0.3 is 0 Å². The molecular weight excluding hydrogens is 685 g/mol. The lowest BCUT2D eigenvalue weighted by Gasteiger charge is -2.40. The van der Waals surface area contributed by atoms with Gasteiger partial charge in [0.25, 0.3) is 5.91 Å². The third-order valence-electron chi connectivity index (χ3n) is 13.4. The van der Waals surface area contributed by atoms with Crippen LogP contribution in [0.1, 0.15) is 102 Å². The summed E-state index contributed by atoms with van der Waals surface area (Å²) in [5.74, 6) is 1.49. The summed E-state index contributed by atoms with van der Waals surface area (Å²) >= 11 is 0. The average Bonchev–Trinajstić information content (AvgIpc) is 3.46. The summed E-state index contributed by atoms with van der Waals surface area (Å²) in [7, 11) is 0. The fourth-order valence-corrected chi connectivity index (χ4v) is 10.4. The first-order valence-corrected chi connectivity index (χ1v) is 20.5. The Kier molecular flexibility index (Phi) is 9.71. The van der Waals surface area contributed by atoms with E-state index in [0.29, 0.717) is 36.0 Å². The second kappa shape index (κ2) is 14.9. The van der Waals surface area contributed by atoms with Gasteiger partial charge in [-0.15, -0.1) is 0 Å². The number of aryl methyl sites for hydroxylation is 1. The lowest BCUT2D eigenvalue weighted by Crippen LogP contribution is -2.49. The van der Waals surface area contributed by atoms with Crippen molar-refractivity contribution in [2.75, 3.05) is 55.6 Å². The third kappa shape index (κ3) is 6.94.